The van der Waals surface area contributed by atoms with Crippen LogP contribution in [0.25, 0.3) is 0 Å². The van der Waals surface area contributed by atoms with Gasteiger partial charge in [-0.2, -0.15) is 5.10 Å². The summed E-state index contributed by atoms with van der Waals surface area (Å²) in [7, 11) is 0. The van der Waals surface area contributed by atoms with Crippen molar-refractivity contribution in [2.45, 2.75) is 27.2 Å². The Morgan fingerprint density at radius 3 is 2.82 bits per heavy atom. The molecule has 2 heteroatoms. The third-order valence-corrected chi connectivity index (χ3v) is 2.05. The van der Waals surface area contributed by atoms with Crippen LogP contribution >= 0.6 is 0 Å². The Balaban J connectivity index is 2.67. The summed E-state index contributed by atoms with van der Waals surface area (Å²) in [6.07, 6.45) is 5.15. The molecule has 0 bridgehead atoms. The topological polar surface area (TPSA) is 24.4 Å². The van der Waals surface area contributed by atoms with Gasteiger partial charge in [-0.25, -0.2) is 0 Å². The standard InChI is InChI=1S/C9H16N2/c1-4-9-8(7(2)3)5-6-10-11-9/h5-8,10H,4H2,1-3H3. The van der Waals surface area contributed by atoms with E-state index in [2.05, 4.69) is 37.4 Å². The van der Waals surface area contributed by atoms with Gasteiger partial charge in [0, 0.05) is 17.8 Å². The largest absolute Gasteiger partial charge is 0.286 e. The van der Waals surface area contributed by atoms with Gasteiger partial charge in [0.2, 0.25) is 0 Å². The molecule has 1 N–H and O–H groups in total. The highest BCUT2D eigenvalue weighted by atomic mass is 15.3. The van der Waals surface area contributed by atoms with Crippen LogP contribution in [0.5, 0.6) is 0 Å². The average Bonchev–Trinajstić information content (AvgIpc) is 2.04. The lowest BCUT2D eigenvalue weighted by atomic mass is 9.89. The Morgan fingerprint density at radius 1 is 1.64 bits per heavy atom. The second kappa shape index (κ2) is 3.56. The summed E-state index contributed by atoms with van der Waals surface area (Å²) in [6, 6.07) is 0. The third kappa shape index (κ3) is 1.82. The van der Waals surface area contributed by atoms with Gasteiger partial charge in [0.15, 0.2) is 0 Å². The number of nitrogens with one attached hydrogen (secondary N) is 1. The summed E-state index contributed by atoms with van der Waals surface area (Å²) >= 11 is 0. The molecule has 0 amide bonds. The van der Waals surface area contributed by atoms with Crippen molar-refractivity contribution in [2.75, 3.05) is 0 Å². The van der Waals surface area contributed by atoms with Crippen molar-refractivity contribution < 1.29 is 0 Å². The molecule has 0 fully saturated rings. The highest BCUT2D eigenvalue weighted by Gasteiger charge is 2.17. The number of hydrogen-bond donors (Lipinski definition) is 1. The Kier molecular flexibility index (Phi) is 2.69. The maximum absolute atomic E-state index is 4.23. The number of hydrazone groups is 1. The van der Waals surface area contributed by atoms with Gasteiger partial charge in [-0.1, -0.05) is 26.8 Å². The van der Waals surface area contributed by atoms with E-state index in [-0.39, 0.29) is 0 Å². The normalized spacial score (nSPS) is 23.3. The zero-order valence-electron chi connectivity index (χ0n) is 7.46. The first-order valence-corrected chi connectivity index (χ1v) is 4.24. The Morgan fingerprint density at radius 2 is 2.36 bits per heavy atom. The van der Waals surface area contributed by atoms with Crippen molar-refractivity contribution in [1.82, 2.24) is 5.43 Å². The van der Waals surface area contributed by atoms with E-state index in [4.69, 9.17) is 0 Å². The van der Waals surface area contributed by atoms with E-state index < -0.39 is 0 Å². The molecule has 2 nitrogen and oxygen atoms in total. The summed E-state index contributed by atoms with van der Waals surface area (Å²) in [4.78, 5) is 0. The lowest BCUT2D eigenvalue weighted by molar-refractivity contribution is 0.557. The molecule has 1 unspecified atom stereocenters. The van der Waals surface area contributed by atoms with Crippen LogP contribution in [0.3, 0.4) is 0 Å². The van der Waals surface area contributed by atoms with Crippen molar-refractivity contribution in [3.05, 3.63) is 12.3 Å². The molecule has 0 radical (unpaired) electrons. The summed E-state index contributed by atoms with van der Waals surface area (Å²) in [6.45, 7) is 6.60. The molecule has 1 rings (SSSR count). The fourth-order valence-electron chi connectivity index (χ4n) is 1.37. The van der Waals surface area contributed by atoms with E-state index in [0.717, 1.165) is 6.42 Å². The van der Waals surface area contributed by atoms with Crippen LogP contribution in [0.2, 0.25) is 0 Å². The predicted molar refractivity (Wildman–Crippen MR) is 48.3 cm³/mol. The molecule has 0 aliphatic carbocycles. The zero-order chi connectivity index (χ0) is 8.27. The van der Waals surface area contributed by atoms with Crippen LogP contribution in [0.15, 0.2) is 17.4 Å². The smallest absolute Gasteiger partial charge is 0.0451 e. The maximum atomic E-state index is 4.23. The molecular weight excluding hydrogens is 136 g/mol. The van der Waals surface area contributed by atoms with E-state index >= 15 is 0 Å². The van der Waals surface area contributed by atoms with Crippen LogP contribution in [0.1, 0.15) is 27.2 Å². The molecule has 0 aromatic heterocycles. The molecule has 62 valence electrons. The van der Waals surface area contributed by atoms with Gasteiger partial charge in [0.1, 0.15) is 0 Å². The van der Waals surface area contributed by atoms with Gasteiger partial charge in [0.25, 0.3) is 0 Å². The van der Waals surface area contributed by atoms with Gasteiger partial charge in [-0.15, -0.1) is 0 Å². The zero-order valence-corrected chi connectivity index (χ0v) is 7.46. The fourth-order valence-corrected chi connectivity index (χ4v) is 1.37. The second-order valence-electron chi connectivity index (χ2n) is 3.21. The van der Waals surface area contributed by atoms with Crippen LogP contribution in [-0.4, -0.2) is 5.71 Å². The highest BCUT2D eigenvalue weighted by molar-refractivity contribution is 5.88. The summed E-state index contributed by atoms with van der Waals surface area (Å²) in [5.41, 5.74) is 4.14. The molecule has 0 spiro atoms. The van der Waals surface area contributed by atoms with Gasteiger partial charge in [0.05, 0.1) is 0 Å². The molecule has 1 aliphatic heterocycles. The number of nitrogens with zero attached hydrogens (tertiary/aromatic N) is 1. The number of allylic oxidation sites excluding steroid dienone is 1. The molecule has 0 aromatic carbocycles. The minimum absolute atomic E-state index is 0.543. The average molecular weight is 152 g/mol. The molecule has 1 atom stereocenters. The van der Waals surface area contributed by atoms with Crippen molar-refractivity contribution in [3.63, 3.8) is 0 Å². The van der Waals surface area contributed by atoms with Crippen molar-refractivity contribution in [2.24, 2.45) is 16.9 Å². The van der Waals surface area contributed by atoms with E-state index in [0.29, 0.717) is 11.8 Å². The van der Waals surface area contributed by atoms with Crippen LogP contribution in [0.4, 0.5) is 0 Å². The number of hydrogen-bond acceptors (Lipinski definition) is 2. The van der Waals surface area contributed by atoms with E-state index in [9.17, 15) is 0 Å². The predicted octanol–water partition coefficient (Wildman–Crippen LogP) is 2.14. The monoisotopic (exact) mass is 152 g/mol. The quantitative estimate of drug-likeness (QED) is 0.644. The van der Waals surface area contributed by atoms with Crippen molar-refractivity contribution >= 4 is 5.71 Å². The van der Waals surface area contributed by atoms with Crippen molar-refractivity contribution in [1.29, 1.82) is 0 Å². The van der Waals surface area contributed by atoms with Crippen LogP contribution < -0.4 is 5.43 Å². The first-order valence-electron chi connectivity index (χ1n) is 4.24. The minimum Gasteiger partial charge on any atom is -0.286 e. The second-order valence-corrected chi connectivity index (χ2v) is 3.21. The maximum Gasteiger partial charge on any atom is 0.0451 e. The van der Waals surface area contributed by atoms with Crippen LogP contribution in [-0.2, 0) is 0 Å². The number of rotatable bonds is 2. The SMILES string of the molecule is CCC1=NNC=CC1C(C)C. The summed E-state index contributed by atoms with van der Waals surface area (Å²) in [5.74, 6) is 1.20. The van der Waals surface area contributed by atoms with Crippen LogP contribution in [0, 0.1) is 11.8 Å². The summed E-state index contributed by atoms with van der Waals surface area (Å²) in [5, 5.41) is 4.23. The molecule has 0 saturated heterocycles. The van der Waals surface area contributed by atoms with Gasteiger partial charge >= 0.3 is 0 Å². The lowest BCUT2D eigenvalue weighted by Crippen LogP contribution is -2.23. The molecule has 11 heavy (non-hydrogen) atoms. The molecule has 0 aromatic rings. The van der Waals surface area contributed by atoms with Gasteiger partial charge in [-0.3, -0.25) is 5.43 Å². The van der Waals surface area contributed by atoms with Gasteiger partial charge in [-0.05, 0) is 12.3 Å². The van der Waals surface area contributed by atoms with E-state index in [1.165, 1.54) is 5.71 Å². The molecule has 1 heterocycles. The first-order chi connectivity index (χ1) is 5.25. The Hall–Kier alpha value is -0.790. The molecule has 0 saturated carbocycles. The Labute approximate surface area is 68.4 Å². The fraction of sp³-hybridized carbons (Fsp3) is 0.667. The van der Waals surface area contributed by atoms with Gasteiger partial charge < -0.3 is 0 Å². The minimum atomic E-state index is 0.543. The molecule has 1 aliphatic rings. The van der Waals surface area contributed by atoms with E-state index in [1.807, 2.05) is 6.20 Å². The van der Waals surface area contributed by atoms with Crippen molar-refractivity contribution in [3.8, 4) is 0 Å². The third-order valence-electron chi connectivity index (χ3n) is 2.05. The lowest BCUT2D eigenvalue weighted by Gasteiger charge is -2.21. The molecular formula is C9H16N2. The Bertz CT molecular complexity index is 180. The van der Waals surface area contributed by atoms with E-state index in [1.54, 1.807) is 0 Å². The summed E-state index contributed by atoms with van der Waals surface area (Å²) < 4.78 is 0. The first kappa shape index (κ1) is 8.31. The highest BCUT2D eigenvalue weighted by Crippen LogP contribution is 2.17.